The lowest BCUT2D eigenvalue weighted by Gasteiger charge is -2.10. The lowest BCUT2D eigenvalue weighted by molar-refractivity contribution is 0.0753. The average molecular weight is 246 g/mol. The molecule has 0 aromatic heterocycles. The van der Waals surface area contributed by atoms with E-state index in [4.69, 9.17) is 4.84 Å². The highest BCUT2D eigenvalue weighted by Gasteiger charge is 2.19. The Bertz CT molecular complexity index is 474. The quantitative estimate of drug-likeness (QED) is 0.888. The van der Waals surface area contributed by atoms with Gasteiger partial charge in [-0.05, 0) is 32.9 Å². The maximum absolute atomic E-state index is 12.0. The number of nitrogens with one attached hydrogen (secondary N) is 1. The van der Waals surface area contributed by atoms with E-state index in [-0.39, 0.29) is 12.0 Å². The molecule has 0 saturated carbocycles. The number of benzene rings is 1. The van der Waals surface area contributed by atoms with E-state index in [1.54, 1.807) is 0 Å². The van der Waals surface area contributed by atoms with Gasteiger partial charge >= 0.3 is 0 Å². The predicted molar refractivity (Wildman–Crippen MR) is 70.8 cm³/mol. The largest absolute Gasteiger partial charge is 0.390 e. The normalized spacial score (nSPS) is 18.2. The van der Waals surface area contributed by atoms with Gasteiger partial charge in [0.1, 0.15) is 6.10 Å². The molecule has 1 aliphatic rings. The van der Waals surface area contributed by atoms with Crippen LogP contribution in [-0.4, -0.2) is 24.3 Å². The summed E-state index contributed by atoms with van der Waals surface area (Å²) in [6, 6.07) is 5.83. The first kappa shape index (κ1) is 12.6. The number of hydrogen-bond acceptors (Lipinski definition) is 3. The monoisotopic (exact) mass is 246 g/mol. The van der Waals surface area contributed by atoms with E-state index in [2.05, 4.69) is 10.5 Å². The molecular weight excluding hydrogens is 228 g/mol. The summed E-state index contributed by atoms with van der Waals surface area (Å²) in [6.45, 7) is 6.39. The van der Waals surface area contributed by atoms with Gasteiger partial charge in [-0.15, -0.1) is 0 Å². The van der Waals surface area contributed by atoms with Gasteiger partial charge in [-0.1, -0.05) is 22.3 Å². The SMILES string of the molecule is CC1=NO[C@@H](CNC(=O)c2cc(C)cc(C)c2)C1. The lowest BCUT2D eigenvalue weighted by Crippen LogP contribution is -2.32. The van der Waals surface area contributed by atoms with E-state index < -0.39 is 0 Å². The van der Waals surface area contributed by atoms with Crippen molar-refractivity contribution >= 4 is 11.6 Å². The van der Waals surface area contributed by atoms with E-state index in [0.717, 1.165) is 23.3 Å². The predicted octanol–water partition coefficient (Wildman–Crippen LogP) is 2.20. The number of aryl methyl sites for hydroxylation is 2. The van der Waals surface area contributed by atoms with Gasteiger partial charge in [0.05, 0.1) is 12.3 Å². The molecule has 18 heavy (non-hydrogen) atoms. The van der Waals surface area contributed by atoms with Crippen LogP contribution in [0.4, 0.5) is 0 Å². The molecule has 0 radical (unpaired) electrons. The van der Waals surface area contributed by atoms with Gasteiger partial charge < -0.3 is 10.2 Å². The highest BCUT2D eigenvalue weighted by Crippen LogP contribution is 2.11. The first-order chi connectivity index (χ1) is 8.54. The van der Waals surface area contributed by atoms with Gasteiger partial charge in [0.25, 0.3) is 5.91 Å². The molecule has 1 aliphatic heterocycles. The second kappa shape index (κ2) is 5.21. The zero-order valence-corrected chi connectivity index (χ0v) is 11.0. The van der Waals surface area contributed by atoms with Crippen molar-refractivity contribution in [2.24, 2.45) is 5.16 Å². The maximum Gasteiger partial charge on any atom is 0.251 e. The molecule has 4 heteroatoms. The lowest BCUT2D eigenvalue weighted by atomic mass is 10.1. The van der Waals surface area contributed by atoms with Gasteiger partial charge in [-0.25, -0.2) is 0 Å². The van der Waals surface area contributed by atoms with Crippen LogP contribution in [0.5, 0.6) is 0 Å². The molecule has 1 aromatic rings. The van der Waals surface area contributed by atoms with Gasteiger partial charge in [0, 0.05) is 12.0 Å². The molecule has 4 nitrogen and oxygen atoms in total. The molecule has 0 aliphatic carbocycles. The number of nitrogens with zero attached hydrogens (tertiary/aromatic N) is 1. The van der Waals surface area contributed by atoms with Crippen molar-refractivity contribution in [2.75, 3.05) is 6.54 Å². The zero-order chi connectivity index (χ0) is 13.1. The molecule has 1 aromatic carbocycles. The topological polar surface area (TPSA) is 50.7 Å². The highest BCUT2D eigenvalue weighted by molar-refractivity contribution is 5.94. The van der Waals surface area contributed by atoms with Crippen molar-refractivity contribution in [3.05, 3.63) is 34.9 Å². The van der Waals surface area contributed by atoms with Crippen molar-refractivity contribution in [2.45, 2.75) is 33.3 Å². The summed E-state index contributed by atoms with van der Waals surface area (Å²) >= 11 is 0. The van der Waals surface area contributed by atoms with Crippen molar-refractivity contribution in [3.8, 4) is 0 Å². The average Bonchev–Trinajstić information content (AvgIpc) is 2.70. The summed E-state index contributed by atoms with van der Waals surface area (Å²) in [4.78, 5) is 17.2. The Morgan fingerprint density at radius 2 is 2.00 bits per heavy atom. The van der Waals surface area contributed by atoms with Crippen LogP contribution in [0.25, 0.3) is 0 Å². The van der Waals surface area contributed by atoms with E-state index >= 15 is 0 Å². The minimum absolute atomic E-state index is 0.0279. The van der Waals surface area contributed by atoms with Crippen molar-refractivity contribution in [1.29, 1.82) is 0 Å². The Kier molecular flexibility index (Phi) is 3.65. The summed E-state index contributed by atoms with van der Waals surface area (Å²) in [5.74, 6) is -0.0602. The van der Waals surface area contributed by atoms with E-state index in [9.17, 15) is 4.79 Å². The molecule has 2 rings (SSSR count). The number of carbonyl (C=O) groups is 1. The van der Waals surface area contributed by atoms with Gasteiger partial charge in [0.15, 0.2) is 0 Å². The van der Waals surface area contributed by atoms with E-state index in [1.807, 2.05) is 39.0 Å². The number of amides is 1. The molecule has 1 N–H and O–H groups in total. The number of oxime groups is 1. The molecule has 1 amide bonds. The summed E-state index contributed by atoms with van der Waals surface area (Å²) in [7, 11) is 0. The molecular formula is C14H18N2O2. The third-order valence-corrected chi connectivity index (χ3v) is 2.85. The van der Waals surface area contributed by atoms with Crippen LogP contribution in [0.2, 0.25) is 0 Å². The maximum atomic E-state index is 12.0. The molecule has 0 unspecified atom stereocenters. The van der Waals surface area contributed by atoms with Crippen molar-refractivity contribution in [1.82, 2.24) is 5.32 Å². The minimum Gasteiger partial charge on any atom is -0.390 e. The Labute approximate surface area is 107 Å². The van der Waals surface area contributed by atoms with Crippen molar-refractivity contribution in [3.63, 3.8) is 0 Å². The third-order valence-electron chi connectivity index (χ3n) is 2.85. The summed E-state index contributed by atoms with van der Waals surface area (Å²) in [5, 5.41) is 6.74. The molecule has 0 fully saturated rings. The van der Waals surface area contributed by atoms with Crippen LogP contribution in [0.3, 0.4) is 0 Å². The fourth-order valence-corrected chi connectivity index (χ4v) is 2.09. The number of carbonyl (C=O) groups excluding carboxylic acids is 1. The summed E-state index contributed by atoms with van der Waals surface area (Å²) < 4.78 is 0. The van der Waals surface area contributed by atoms with Gasteiger partial charge in [-0.3, -0.25) is 4.79 Å². The summed E-state index contributed by atoms with van der Waals surface area (Å²) in [6.07, 6.45) is 0.757. The first-order valence-corrected chi connectivity index (χ1v) is 6.10. The van der Waals surface area contributed by atoms with Crippen LogP contribution in [0.15, 0.2) is 23.4 Å². The van der Waals surface area contributed by atoms with E-state index in [0.29, 0.717) is 12.1 Å². The van der Waals surface area contributed by atoms with Crippen LogP contribution in [-0.2, 0) is 4.84 Å². The Morgan fingerprint density at radius 1 is 1.33 bits per heavy atom. The highest BCUT2D eigenvalue weighted by atomic mass is 16.6. The molecule has 1 atom stereocenters. The van der Waals surface area contributed by atoms with Crippen LogP contribution < -0.4 is 5.32 Å². The zero-order valence-electron chi connectivity index (χ0n) is 11.0. The van der Waals surface area contributed by atoms with Crippen LogP contribution >= 0.6 is 0 Å². The third kappa shape index (κ3) is 3.09. The number of rotatable bonds is 3. The fraction of sp³-hybridized carbons (Fsp3) is 0.429. The molecule has 0 bridgehead atoms. The summed E-state index contributed by atoms with van der Waals surface area (Å²) in [5.41, 5.74) is 3.86. The smallest absolute Gasteiger partial charge is 0.251 e. The first-order valence-electron chi connectivity index (χ1n) is 6.10. The molecule has 0 saturated heterocycles. The van der Waals surface area contributed by atoms with Crippen molar-refractivity contribution < 1.29 is 9.63 Å². The second-order valence-electron chi connectivity index (χ2n) is 4.84. The van der Waals surface area contributed by atoms with Gasteiger partial charge in [-0.2, -0.15) is 0 Å². The second-order valence-corrected chi connectivity index (χ2v) is 4.84. The molecule has 96 valence electrons. The van der Waals surface area contributed by atoms with Gasteiger partial charge in [0.2, 0.25) is 0 Å². The van der Waals surface area contributed by atoms with Crippen LogP contribution in [0, 0.1) is 13.8 Å². The minimum atomic E-state index is -0.0602. The van der Waals surface area contributed by atoms with Crippen LogP contribution in [0.1, 0.15) is 34.8 Å². The Hall–Kier alpha value is -1.84. The number of hydrogen-bond donors (Lipinski definition) is 1. The molecule has 0 spiro atoms. The fourth-order valence-electron chi connectivity index (χ4n) is 2.09. The standard InChI is InChI=1S/C14H18N2O2/c1-9-4-10(2)6-12(5-9)14(17)15-8-13-7-11(3)16-18-13/h4-6,13H,7-8H2,1-3H3,(H,15,17)/t13-/m1/s1. The Morgan fingerprint density at radius 3 is 2.56 bits per heavy atom. The van der Waals surface area contributed by atoms with E-state index in [1.165, 1.54) is 0 Å². The molecule has 1 heterocycles. The Balaban J connectivity index is 1.92.